The summed E-state index contributed by atoms with van der Waals surface area (Å²) in [6.07, 6.45) is 2.87. The van der Waals surface area contributed by atoms with Crippen LogP contribution in [0.25, 0.3) is 11.4 Å². The molecule has 0 saturated heterocycles. The molecular weight excluding hydrogens is 342 g/mol. The number of ether oxygens (including phenoxy) is 1. The van der Waals surface area contributed by atoms with E-state index in [2.05, 4.69) is 30.9 Å². The van der Waals surface area contributed by atoms with E-state index in [9.17, 15) is 4.79 Å². The third-order valence-corrected chi connectivity index (χ3v) is 3.61. The van der Waals surface area contributed by atoms with Gasteiger partial charge in [0.15, 0.2) is 3.92 Å². The van der Waals surface area contributed by atoms with Crippen molar-refractivity contribution in [1.29, 1.82) is 0 Å². The summed E-state index contributed by atoms with van der Waals surface area (Å²) in [5.41, 5.74) is 0.916. The molecule has 0 aliphatic heterocycles. The standard InChI is InChI=1S/C10H7BrClN3O2S/c1-2-17-9(16)8-7(15-10(11)18-8)5-3-14-6(12)4-13-5/h3-4H,2H2,1H3. The number of carbonyl (C=O) groups excluding carboxylic acids is 1. The Morgan fingerprint density at radius 2 is 2.28 bits per heavy atom. The molecule has 0 atom stereocenters. The first kappa shape index (κ1) is 13.4. The maximum atomic E-state index is 11.8. The summed E-state index contributed by atoms with van der Waals surface area (Å²) in [6, 6.07) is 0. The van der Waals surface area contributed by atoms with E-state index in [0.29, 0.717) is 26.8 Å². The minimum Gasteiger partial charge on any atom is -0.462 e. The lowest BCUT2D eigenvalue weighted by Gasteiger charge is -2.01. The van der Waals surface area contributed by atoms with Gasteiger partial charge in [-0.2, -0.15) is 0 Å². The van der Waals surface area contributed by atoms with Gasteiger partial charge < -0.3 is 4.74 Å². The molecule has 0 N–H and O–H groups in total. The van der Waals surface area contributed by atoms with Crippen LogP contribution in [0.15, 0.2) is 16.3 Å². The van der Waals surface area contributed by atoms with E-state index in [1.165, 1.54) is 23.7 Å². The third-order valence-electron chi connectivity index (χ3n) is 1.92. The number of nitrogens with zero attached hydrogens (tertiary/aromatic N) is 3. The van der Waals surface area contributed by atoms with Crippen LogP contribution in [0.2, 0.25) is 5.15 Å². The van der Waals surface area contributed by atoms with Crippen LogP contribution in [0.1, 0.15) is 16.6 Å². The van der Waals surface area contributed by atoms with Crippen LogP contribution in [0, 0.1) is 0 Å². The van der Waals surface area contributed by atoms with Crippen molar-refractivity contribution in [3.05, 3.63) is 26.3 Å². The van der Waals surface area contributed by atoms with Crippen LogP contribution in [0.4, 0.5) is 0 Å². The Morgan fingerprint density at radius 1 is 1.50 bits per heavy atom. The molecule has 18 heavy (non-hydrogen) atoms. The van der Waals surface area contributed by atoms with Crippen LogP contribution in [-0.4, -0.2) is 27.5 Å². The molecule has 0 aliphatic carbocycles. The molecule has 0 fully saturated rings. The van der Waals surface area contributed by atoms with Crippen LogP contribution in [0.3, 0.4) is 0 Å². The van der Waals surface area contributed by atoms with Crippen LogP contribution in [-0.2, 0) is 4.74 Å². The fourth-order valence-corrected chi connectivity index (χ4v) is 2.69. The number of carbonyl (C=O) groups is 1. The van der Waals surface area contributed by atoms with Crippen LogP contribution in [0.5, 0.6) is 0 Å². The monoisotopic (exact) mass is 347 g/mol. The summed E-state index contributed by atoms with van der Waals surface area (Å²) in [5, 5.41) is 0.283. The molecule has 0 unspecified atom stereocenters. The molecule has 8 heteroatoms. The predicted molar refractivity (Wildman–Crippen MR) is 71.8 cm³/mol. The molecule has 2 aromatic rings. The lowest BCUT2D eigenvalue weighted by molar-refractivity contribution is 0.0532. The van der Waals surface area contributed by atoms with E-state index >= 15 is 0 Å². The van der Waals surface area contributed by atoms with Gasteiger partial charge in [-0.15, -0.1) is 0 Å². The molecule has 2 heterocycles. The molecule has 0 amide bonds. The van der Waals surface area contributed by atoms with Crippen molar-refractivity contribution < 1.29 is 9.53 Å². The van der Waals surface area contributed by atoms with Gasteiger partial charge in [-0.1, -0.05) is 22.9 Å². The zero-order valence-corrected chi connectivity index (χ0v) is 12.3. The second-order valence-corrected chi connectivity index (χ2v) is 5.75. The molecule has 0 radical (unpaired) electrons. The smallest absolute Gasteiger partial charge is 0.350 e. The Hall–Kier alpha value is -1.05. The SMILES string of the molecule is CCOC(=O)c1sc(Br)nc1-c1cnc(Cl)cn1. The predicted octanol–water partition coefficient (Wildman–Crippen LogP) is 3.19. The van der Waals surface area contributed by atoms with E-state index in [1.54, 1.807) is 6.92 Å². The third kappa shape index (κ3) is 2.85. The highest BCUT2D eigenvalue weighted by molar-refractivity contribution is 9.11. The van der Waals surface area contributed by atoms with E-state index in [4.69, 9.17) is 16.3 Å². The lowest BCUT2D eigenvalue weighted by Crippen LogP contribution is -2.04. The van der Waals surface area contributed by atoms with Crippen LogP contribution < -0.4 is 0 Å². The van der Waals surface area contributed by atoms with E-state index in [-0.39, 0.29) is 5.15 Å². The molecule has 0 aromatic carbocycles. The first-order chi connectivity index (χ1) is 8.61. The van der Waals surface area contributed by atoms with E-state index < -0.39 is 5.97 Å². The highest BCUT2D eigenvalue weighted by Gasteiger charge is 2.20. The average molecular weight is 349 g/mol. The zero-order chi connectivity index (χ0) is 13.1. The number of esters is 1. The van der Waals surface area contributed by atoms with Crippen molar-refractivity contribution in [2.24, 2.45) is 0 Å². The summed E-state index contributed by atoms with van der Waals surface area (Å²) in [4.78, 5) is 24.4. The number of hydrogen-bond donors (Lipinski definition) is 0. The second kappa shape index (κ2) is 5.73. The van der Waals surface area contributed by atoms with Gasteiger partial charge in [-0.05, 0) is 22.9 Å². The van der Waals surface area contributed by atoms with Gasteiger partial charge in [0.1, 0.15) is 21.4 Å². The summed E-state index contributed by atoms with van der Waals surface area (Å²) in [7, 11) is 0. The fourth-order valence-electron chi connectivity index (χ4n) is 1.24. The van der Waals surface area contributed by atoms with Crippen molar-refractivity contribution >= 4 is 44.8 Å². The molecule has 2 aromatic heterocycles. The zero-order valence-electron chi connectivity index (χ0n) is 9.18. The van der Waals surface area contributed by atoms with Gasteiger partial charge >= 0.3 is 5.97 Å². The largest absolute Gasteiger partial charge is 0.462 e. The van der Waals surface area contributed by atoms with Crippen LogP contribution >= 0.6 is 38.9 Å². The maximum Gasteiger partial charge on any atom is 0.350 e. The van der Waals surface area contributed by atoms with Crippen molar-refractivity contribution in [1.82, 2.24) is 15.0 Å². The Balaban J connectivity index is 2.44. The van der Waals surface area contributed by atoms with Gasteiger partial charge in [0.05, 0.1) is 19.0 Å². The summed E-state index contributed by atoms with van der Waals surface area (Å²) in [5.74, 6) is -0.424. The minimum atomic E-state index is -0.424. The summed E-state index contributed by atoms with van der Waals surface area (Å²) in [6.45, 7) is 2.05. The first-order valence-electron chi connectivity index (χ1n) is 4.93. The normalized spacial score (nSPS) is 10.4. The molecule has 5 nitrogen and oxygen atoms in total. The minimum absolute atomic E-state index is 0.283. The fraction of sp³-hybridized carbons (Fsp3) is 0.200. The molecule has 0 spiro atoms. The average Bonchev–Trinajstić information content (AvgIpc) is 2.73. The van der Waals surface area contributed by atoms with Gasteiger partial charge in [-0.25, -0.2) is 19.7 Å². The Kier molecular flexibility index (Phi) is 4.26. The summed E-state index contributed by atoms with van der Waals surface area (Å²) >= 11 is 10.1. The van der Waals surface area contributed by atoms with E-state index in [0.717, 1.165) is 0 Å². The maximum absolute atomic E-state index is 11.8. The second-order valence-electron chi connectivity index (χ2n) is 3.09. The Bertz CT molecular complexity index is 573. The molecule has 0 aliphatic rings. The van der Waals surface area contributed by atoms with Gasteiger partial charge in [0.2, 0.25) is 0 Å². The molecule has 94 valence electrons. The van der Waals surface area contributed by atoms with Crippen molar-refractivity contribution in [2.75, 3.05) is 6.61 Å². The molecular formula is C10H7BrClN3O2S. The number of thiazole rings is 1. The quantitative estimate of drug-likeness (QED) is 0.797. The van der Waals surface area contributed by atoms with Crippen molar-refractivity contribution in [2.45, 2.75) is 6.92 Å². The number of hydrogen-bond acceptors (Lipinski definition) is 6. The number of rotatable bonds is 3. The number of halogens is 2. The molecule has 0 saturated carbocycles. The first-order valence-corrected chi connectivity index (χ1v) is 6.92. The lowest BCUT2D eigenvalue weighted by atomic mass is 10.3. The topological polar surface area (TPSA) is 65.0 Å². The van der Waals surface area contributed by atoms with E-state index in [1.807, 2.05) is 0 Å². The Labute approximate surface area is 120 Å². The number of aromatic nitrogens is 3. The van der Waals surface area contributed by atoms with Crippen molar-refractivity contribution in [3.63, 3.8) is 0 Å². The highest BCUT2D eigenvalue weighted by Crippen LogP contribution is 2.30. The van der Waals surface area contributed by atoms with Gasteiger partial charge in [0.25, 0.3) is 0 Å². The molecule has 0 bridgehead atoms. The Morgan fingerprint density at radius 3 is 2.89 bits per heavy atom. The molecule has 2 rings (SSSR count). The van der Waals surface area contributed by atoms with Gasteiger partial charge in [-0.3, -0.25) is 0 Å². The highest BCUT2D eigenvalue weighted by atomic mass is 79.9. The van der Waals surface area contributed by atoms with Crippen molar-refractivity contribution in [3.8, 4) is 11.4 Å². The summed E-state index contributed by atoms with van der Waals surface area (Å²) < 4.78 is 5.54. The van der Waals surface area contributed by atoms with Gasteiger partial charge in [0, 0.05) is 0 Å².